The number of hydrogen-bond acceptors (Lipinski definition) is 4. The number of methoxy groups -OCH3 is 1. The minimum Gasteiger partial charge on any atom is -0.495 e. The van der Waals surface area contributed by atoms with Crippen LogP contribution in [0.3, 0.4) is 0 Å². The van der Waals surface area contributed by atoms with E-state index in [1.807, 2.05) is 25.1 Å². The van der Waals surface area contributed by atoms with Gasteiger partial charge in [-0.3, -0.25) is 0 Å². The average molecular weight is 290 g/mol. The third kappa shape index (κ3) is 3.27. The molecule has 0 aliphatic heterocycles. The van der Waals surface area contributed by atoms with Crippen molar-refractivity contribution < 1.29 is 4.74 Å². The van der Waals surface area contributed by atoms with Gasteiger partial charge in [-0.25, -0.2) is 0 Å². The van der Waals surface area contributed by atoms with Gasteiger partial charge in [0, 0.05) is 11.1 Å². The number of nitrogens with zero attached hydrogens (tertiary/aromatic N) is 2. The molecule has 0 aliphatic carbocycles. The summed E-state index contributed by atoms with van der Waals surface area (Å²) in [6, 6.07) is 10.8. The van der Waals surface area contributed by atoms with Gasteiger partial charge in [-0.05, 0) is 42.3 Å². The van der Waals surface area contributed by atoms with Gasteiger partial charge < -0.3 is 10.5 Å². The van der Waals surface area contributed by atoms with E-state index >= 15 is 0 Å². The normalized spacial score (nSPS) is 10.9. The summed E-state index contributed by atoms with van der Waals surface area (Å²) in [5, 5.41) is 9.15. The molecule has 5 heteroatoms. The Hall–Kier alpha value is -2.07. The number of benzene rings is 2. The molecule has 2 rings (SSSR count). The fourth-order valence-electron chi connectivity index (χ4n) is 1.81. The first-order valence-corrected chi connectivity index (χ1v) is 6.65. The second kappa shape index (κ2) is 6.39. The summed E-state index contributed by atoms with van der Waals surface area (Å²) in [6.45, 7) is 2.04. The molecule has 0 unspecified atom stereocenters. The van der Waals surface area contributed by atoms with Gasteiger partial charge in [0.25, 0.3) is 0 Å². The van der Waals surface area contributed by atoms with Gasteiger partial charge in [0.1, 0.15) is 5.75 Å². The van der Waals surface area contributed by atoms with Crippen LogP contribution in [0.5, 0.6) is 5.75 Å². The Morgan fingerprint density at radius 2 is 1.85 bits per heavy atom. The van der Waals surface area contributed by atoms with Crippen LogP contribution in [0.1, 0.15) is 12.5 Å². The van der Waals surface area contributed by atoms with Gasteiger partial charge >= 0.3 is 0 Å². The van der Waals surface area contributed by atoms with Crippen molar-refractivity contribution in [1.29, 1.82) is 0 Å². The zero-order chi connectivity index (χ0) is 14.5. The predicted molar refractivity (Wildman–Crippen MR) is 82.4 cm³/mol. The topological polar surface area (TPSA) is 60.0 Å². The lowest BCUT2D eigenvalue weighted by molar-refractivity contribution is 0.417. The van der Waals surface area contributed by atoms with E-state index in [1.54, 1.807) is 25.3 Å². The lowest BCUT2D eigenvalue weighted by Gasteiger charge is -2.08. The van der Waals surface area contributed by atoms with Crippen LogP contribution in [0.25, 0.3) is 0 Å². The molecule has 2 N–H and O–H groups in total. The van der Waals surface area contributed by atoms with E-state index in [0.29, 0.717) is 16.5 Å². The maximum atomic E-state index is 5.89. The molecule has 4 nitrogen and oxygen atoms in total. The zero-order valence-electron chi connectivity index (χ0n) is 11.4. The van der Waals surface area contributed by atoms with Crippen LogP contribution in [0.15, 0.2) is 46.6 Å². The molecule has 0 heterocycles. The number of azo groups is 1. The van der Waals surface area contributed by atoms with Crippen LogP contribution in [-0.2, 0) is 6.42 Å². The molecule has 0 atom stereocenters. The fourth-order valence-corrected chi connectivity index (χ4v) is 1.93. The summed E-state index contributed by atoms with van der Waals surface area (Å²) in [6.07, 6.45) is 0.823. The molecule has 0 saturated heterocycles. The van der Waals surface area contributed by atoms with Gasteiger partial charge in [0.15, 0.2) is 0 Å². The van der Waals surface area contributed by atoms with E-state index in [1.165, 1.54) is 0 Å². The summed E-state index contributed by atoms with van der Waals surface area (Å²) in [5.41, 5.74) is 9.02. The zero-order valence-corrected chi connectivity index (χ0v) is 12.2. The molecular weight excluding hydrogens is 274 g/mol. The number of anilines is 1. The van der Waals surface area contributed by atoms with Crippen molar-refractivity contribution in [3.05, 3.63) is 47.0 Å². The van der Waals surface area contributed by atoms with Crippen LogP contribution >= 0.6 is 11.6 Å². The molecule has 104 valence electrons. The van der Waals surface area contributed by atoms with Crippen molar-refractivity contribution in [2.45, 2.75) is 13.3 Å². The monoisotopic (exact) mass is 289 g/mol. The molecule has 0 amide bonds. The number of hydrogen-bond donors (Lipinski definition) is 1. The molecule has 0 spiro atoms. The standard InChI is InChI=1S/C15H16ClN3O/c1-3-10-8-13(17)15(20-2)9-14(10)19-18-12-6-4-11(16)5-7-12/h4-9H,3,17H2,1-2H3. The van der Waals surface area contributed by atoms with Crippen molar-refractivity contribution in [1.82, 2.24) is 0 Å². The highest BCUT2D eigenvalue weighted by molar-refractivity contribution is 6.30. The summed E-state index contributed by atoms with van der Waals surface area (Å²) in [5.74, 6) is 0.604. The van der Waals surface area contributed by atoms with Gasteiger partial charge in [0.2, 0.25) is 0 Å². The molecule has 20 heavy (non-hydrogen) atoms. The fraction of sp³-hybridized carbons (Fsp3) is 0.200. The Morgan fingerprint density at radius 3 is 2.45 bits per heavy atom. The van der Waals surface area contributed by atoms with E-state index in [2.05, 4.69) is 10.2 Å². The number of rotatable bonds is 4. The number of nitrogen functional groups attached to an aromatic ring is 1. The molecule has 2 aromatic rings. The summed E-state index contributed by atoms with van der Waals surface area (Å²) in [4.78, 5) is 0. The molecule has 0 bridgehead atoms. The van der Waals surface area contributed by atoms with Crippen molar-refractivity contribution in [3.63, 3.8) is 0 Å². The van der Waals surface area contributed by atoms with Gasteiger partial charge in [0.05, 0.1) is 24.2 Å². The quantitative estimate of drug-likeness (QED) is 0.642. The number of aryl methyl sites for hydroxylation is 1. The van der Waals surface area contributed by atoms with E-state index < -0.39 is 0 Å². The van der Waals surface area contributed by atoms with Crippen molar-refractivity contribution >= 4 is 28.7 Å². The Labute approximate surface area is 123 Å². The van der Waals surface area contributed by atoms with E-state index in [0.717, 1.165) is 23.4 Å². The highest BCUT2D eigenvalue weighted by atomic mass is 35.5. The van der Waals surface area contributed by atoms with Crippen molar-refractivity contribution in [2.75, 3.05) is 12.8 Å². The van der Waals surface area contributed by atoms with Crippen molar-refractivity contribution in [3.8, 4) is 5.75 Å². The van der Waals surface area contributed by atoms with Crippen LogP contribution in [-0.4, -0.2) is 7.11 Å². The summed E-state index contributed by atoms with van der Waals surface area (Å²) in [7, 11) is 1.58. The maximum absolute atomic E-state index is 5.89. The summed E-state index contributed by atoms with van der Waals surface area (Å²) < 4.78 is 5.21. The highest BCUT2D eigenvalue weighted by Crippen LogP contribution is 2.32. The molecular formula is C15H16ClN3O. The molecule has 0 aliphatic rings. The van der Waals surface area contributed by atoms with Crippen LogP contribution in [0.4, 0.5) is 17.1 Å². The smallest absolute Gasteiger partial charge is 0.143 e. The first-order chi connectivity index (χ1) is 9.63. The van der Waals surface area contributed by atoms with Gasteiger partial charge in [-0.2, -0.15) is 10.2 Å². The largest absolute Gasteiger partial charge is 0.495 e. The number of nitrogens with two attached hydrogens (primary N) is 1. The first-order valence-electron chi connectivity index (χ1n) is 6.27. The summed E-state index contributed by atoms with van der Waals surface area (Å²) >= 11 is 5.83. The van der Waals surface area contributed by atoms with E-state index in [4.69, 9.17) is 22.1 Å². The van der Waals surface area contributed by atoms with E-state index in [-0.39, 0.29) is 0 Å². The molecule has 2 aromatic carbocycles. The predicted octanol–water partition coefficient (Wildman–Crippen LogP) is 4.91. The Morgan fingerprint density at radius 1 is 1.15 bits per heavy atom. The van der Waals surface area contributed by atoms with Crippen molar-refractivity contribution in [2.24, 2.45) is 10.2 Å². The Kier molecular flexibility index (Phi) is 4.58. The lowest BCUT2D eigenvalue weighted by Crippen LogP contribution is -1.94. The average Bonchev–Trinajstić information content (AvgIpc) is 2.47. The molecule has 0 aromatic heterocycles. The number of ether oxygens (including phenoxy) is 1. The van der Waals surface area contributed by atoms with Gasteiger partial charge in [-0.1, -0.05) is 18.5 Å². The molecule has 0 saturated carbocycles. The van der Waals surface area contributed by atoms with Crippen LogP contribution < -0.4 is 10.5 Å². The van der Waals surface area contributed by atoms with Gasteiger partial charge in [-0.15, -0.1) is 0 Å². The second-order valence-electron chi connectivity index (χ2n) is 4.25. The van der Waals surface area contributed by atoms with E-state index in [9.17, 15) is 0 Å². The number of halogens is 1. The first kappa shape index (κ1) is 14.3. The lowest BCUT2D eigenvalue weighted by atomic mass is 10.1. The third-order valence-electron chi connectivity index (χ3n) is 2.91. The highest BCUT2D eigenvalue weighted by Gasteiger charge is 2.07. The third-order valence-corrected chi connectivity index (χ3v) is 3.16. The Balaban J connectivity index is 2.34. The SMILES string of the molecule is CCc1cc(N)c(OC)cc1N=Nc1ccc(Cl)cc1. The second-order valence-corrected chi connectivity index (χ2v) is 4.69. The molecule has 0 fully saturated rings. The van der Waals surface area contributed by atoms with Crippen LogP contribution in [0, 0.1) is 0 Å². The minimum atomic E-state index is 0.604. The van der Waals surface area contributed by atoms with Crippen LogP contribution in [0.2, 0.25) is 5.02 Å². The minimum absolute atomic E-state index is 0.604. The maximum Gasteiger partial charge on any atom is 0.143 e. The molecule has 0 radical (unpaired) electrons. The Bertz CT molecular complexity index is 624.